The highest BCUT2D eigenvalue weighted by Crippen LogP contribution is 2.52. The number of piperidine rings is 2. The number of primary amides is 1. The van der Waals surface area contributed by atoms with E-state index in [1.807, 2.05) is 41.5 Å². The summed E-state index contributed by atoms with van der Waals surface area (Å²) in [5.74, 6) is 1.28. The Hall–Kier alpha value is -2.50. The number of nitrogens with two attached hydrogens (primary N) is 1. The normalized spacial score (nSPS) is 32.7. The summed E-state index contributed by atoms with van der Waals surface area (Å²) < 4.78 is 10.5. The average Bonchev–Trinajstić information content (AvgIpc) is 3.31. The number of nitrogens with zero attached hydrogens (tertiary/aromatic N) is 3. The molecule has 0 spiro atoms. The van der Waals surface area contributed by atoms with Gasteiger partial charge in [-0.05, 0) is 65.2 Å². The number of carbonyl (C=O) groups is 3. The molecule has 6 atom stereocenters. The molecule has 0 aromatic heterocycles. The first-order valence-corrected chi connectivity index (χ1v) is 10.9. The van der Waals surface area contributed by atoms with Gasteiger partial charge in [0, 0.05) is 32.1 Å². The predicted molar refractivity (Wildman–Crippen MR) is 111 cm³/mol. The van der Waals surface area contributed by atoms with Gasteiger partial charge in [-0.3, -0.25) is 4.79 Å². The second kappa shape index (κ2) is 7.88. The minimum absolute atomic E-state index is 0.0151. The Kier molecular flexibility index (Phi) is 5.89. The van der Waals surface area contributed by atoms with E-state index < -0.39 is 11.2 Å². The Morgan fingerprint density at radius 3 is 1.45 bits per heavy atom. The molecule has 4 aliphatic rings. The maximum Gasteiger partial charge on any atom is 0.410 e. The van der Waals surface area contributed by atoms with Crippen molar-refractivity contribution >= 4 is 18.1 Å². The van der Waals surface area contributed by atoms with Gasteiger partial charge in [0.25, 0.3) is 0 Å². The Labute approximate surface area is 183 Å². The van der Waals surface area contributed by atoms with Crippen molar-refractivity contribution in [2.24, 2.45) is 41.2 Å². The maximum atomic E-state index is 11.7. The molecular formula is C22H34N4O5. The number of ether oxygens (including phenoxy) is 2. The van der Waals surface area contributed by atoms with Crippen molar-refractivity contribution in [3.8, 4) is 6.07 Å². The van der Waals surface area contributed by atoms with E-state index in [0.29, 0.717) is 38.0 Å². The van der Waals surface area contributed by atoms with Crippen LogP contribution in [0.2, 0.25) is 0 Å². The van der Waals surface area contributed by atoms with Crippen LogP contribution < -0.4 is 5.73 Å². The van der Waals surface area contributed by atoms with Crippen molar-refractivity contribution in [2.75, 3.05) is 26.2 Å². The molecule has 2 N–H and O–H groups in total. The second-order valence-electron chi connectivity index (χ2n) is 11.0. The molecular weight excluding hydrogens is 400 g/mol. The van der Waals surface area contributed by atoms with Gasteiger partial charge in [0.1, 0.15) is 11.2 Å². The third-order valence-corrected chi connectivity index (χ3v) is 6.17. The molecule has 2 aliphatic heterocycles. The molecule has 9 heteroatoms. The highest BCUT2D eigenvalue weighted by atomic mass is 16.6. The largest absolute Gasteiger partial charge is 0.444 e. The first-order chi connectivity index (χ1) is 14.2. The minimum Gasteiger partial charge on any atom is -0.444 e. The first kappa shape index (κ1) is 23.2. The molecule has 0 aromatic rings. The van der Waals surface area contributed by atoms with Gasteiger partial charge in [0.2, 0.25) is 5.91 Å². The topological polar surface area (TPSA) is 126 Å². The number of rotatable bonds is 1. The van der Waals surface area contributed by atoms with Crippen LogP contribution in [-0.2, 0) is 14.3 Å². The van der Waals surface area contributed by atoms with E-state index in [1.54, 1.807) is 9.80 Å². The fourth-order valence-electron chi connectivity index (χ4n) is 4.62. The zero-order valence-electron chi connectivity index (χ0n) is 19.3. The van der Waals surface area contributed by atoms with Crippen molar-refractivity contribution in [1.82, 2.24) is 9.80 Å². The van der Waals surface area contributed by atoms with Crippen LogP contribution in [-0.4, -0.2) is 65.3 Å². The van der Waals surface area contributed by atoms with Gasteiger partial charge in [-0.2, -0.15) is 5.26 Å². The van der Waals surface area contributed by atoms with Crippen LogP contribution in [0.4, 0.5) is 9.59 Å². The number of hydrogen-bond acceptors (Lipinski definition) is 6. The van der Waals surface area contributed by atoms with Gasteiger partial charge in [0.05, 0.1) is 12.0 Å². The van der Waals surface area contributed by atoms with Crippen molar-refractivity contribution in [3.63, 3.8) is 0 Å². The number of likely N-dealkylation sites (tertiary alicyclic amines) is 2. The lowest BCUT2D eigenvalue weighted by Crippen LogP contribution is -2.38. The fourth-order valence-corrected chi connectivity index (χ4v) is 4.62. The smallest absolute Gasteiger partial charge is 0.410 e. The third-order valence-electron chi connectivity index (χ3n) is 6.17. The van der Waals surface area contributed by atoms with Gasteiger partial charge in [-0.15, -0.1) is 0 Å². The molecule has 172 valence electrons. The molecule has 4 fully saturated rings. The molecule has 0 bridgehead atoms. The molecule has 9 nitrogen and oxygen atoms in total. The first-order valence-electron chi connectivity index (χ1n) is 10.9. The lowest BCUT2D eigenvalue weighted by Gasteiger charge is -2.25. The summed E-state index contributed by atoms with van der Waals surface area (Å²) >= 11 is 0. The number of carbonyl (C=O) groups excluding carboxylic acids is 3. The van der Waals surface area contributed by atoms with E-state index in [0.717, 1.165) is 0 Å². The van der Waals surface area contributed by atoms with Gasteiger partial charge < -0.3 is 25.0 Å². The van der Waals surface area contributed by atoms with E-state index in [9.17, 15) is 14.4 Å². The Bertz CT molecular complexity index is 769. The van der Waals surface area contributed by atoms with Gasteiger partial charge in [-0.1, -0.05) is 0 Å². The van der Waals surface area contributed by atoms with Gasteiger partial charge >= 0.3 is 12.2 Å². The van der Waals surface area contributed by atoms with Crippen LogP contribution >= 0.6 is 0 Å². The summed E-state index contributed by atoms with van der Waals surface area (Å²) in [6, 6.07) is 2.27. The molecule has 0 radical (unpaired) electrons. The van der Waals surface area contributed by atoms with E-state index >= 15 is 0 Å². The van der Waals surface area contributed by atoms with E-state index in [-0.39, 0.29) is 41.8 Å². The highest BCUT2D eigenvalue weighted by molar-refractivity contribution is 5.81. The monoisotopic (exact) mass is 434 g/mol. The maximum absolute atomic E-state index is 11.7. The van der Waals surface area contributed by atoms with Crippen molar-refractivity contribution in [2.45, 2.75) is 52.7 Å². The molecule has 2 heterocycles. The number of fused-ring (bicyclic) bond motifs is 2. The lowest BCUT2D eigenvalue weighted by molar-refractivity contribution is -0.120. The number of amides is 3. The summed E-state index contributed by atoms with van der Waals surface area (Å²) in [6.07, 6.45) is -0.533. The second-order valence-corrected chi connectivity index (χ2v) is 11.0. The quantitative estimate of drug-likeness (QED) is 0.674. The van der Waals surface area contributed by atoms with Crippen LogP contribution in [0.5, 0.6) is 0 Å². The molecule has 2 aliphatic carbocycles. The Morgan fingerprint density at radius 1 is 0.806 bits per heavy atom. The SMILES string of the molecule is CC(C)(C)OC(=O)N1C[C@@H]2C(C#N)[C@@H]2C1.CC(C)(C)OC(=O)N1C[C@@H]2C(C(N)=O)[C@@H]2C1. The molecule has 3 amide bonds. The van der Waals surface area contributed by atoms with Gasteiger partial charge in [-0.25, -0.2) is 9.59 Å². The molecule has 0 aromatic carbocycles. The molecule has 2 unspecified atom stereocenters. The van der Waals surface area contributed by atoms with Crippen LogP contribution in [0.1, 0.15) is 41.5 Å². The van der Waals surface area contributed by atoms with E-state index in [4.69, 9.17) is 20.5 Å². The highest BCUT2D eigenvalue weighted by Gasteiger charge is 2.60. The number of nitriles is 1. The molecule has 2 saturated carbocycles. The van der Waals surface area contributed by atoms with Gasteiger partial charge in [0.15, 0.2) is 0 Å². The average molecular weight is 435 g/mol. The van der Waals surface area contributed by atoms with E-state index in [1.165, 1.54) is 0 Å². The standard InChI is InChI=1S/C11H18N2O3.C11H16N2O2/c1-11(2,3)16-10(15)13-4-6-7(5-13)8(6)9(12)14;1-11(2,3)15-10(14)13-5-8-7(4-12)9(8)6-13/h6-8H,4-5H2,1-3H3,(H2,12,14);7-9H,5-6H2,1-3H3/t6-,7+,8?;7?,8-,9+. The molecule has 31 heavy (non-hydrogen) atoms. The zero-order chi connectivity index (χ0) is 23.3. The minimum atomic E-state index is -0.465. The van der Waals surface area contributed by atoms with Crippen LogP contribution in [0.25, 0.3) is 0 Å². The lowest BCUT2D eigenvalue weighted by atomic mass is 10.2. The molecule has 4 rings (SSSR count). The summed E-state index contributed by atoms with van der Waals surface area (Å²) in [7, 11) is 0. The van der Waals surface area contributed by atoms with Crippen LogP contribution in [0.15, 0.2) is 0 Å². The van der Waals surface area contributed by atoms with Crippen LogP contribution in [0.3, 0.4) is 0 Å². The zero-order valence-corrected chi connectivity index (χ0v) is 19.3. The Balaban J connectivity index is 0.000000176. The fraction of sp³-hybridized carbons (Fsp3) is 0.818. The van der Waals surface area contributed by atoms with Crippen LogP contribution in [0, 0.1) is 46.8 Å². The summed E-state index contributed by atoms with van der Waals surface area (Å²) in [5, 5.41) is 8.74. The summed E-state index contributed by atoms with van der Waals surface area (Å²) in [5.41, 5.74) is 4.34. The summed E-state index contributed by atoms with van der Waals surface area (Å²) in [4.78, 5) is 37.7. The molecule has 2 saturated heterocycles. The van der Waals surface area contributed by atoms with Crippen molar-refractivity contribution in [3.05, 3.63) is 0 Å². The van der Waals surface area contributed by atoms with Crippen molar-refractivity contribution in [1.29, 1.82) is 5.26 Å². The predicted octanol–water partition coefficient (Wildman–Crippen LogP) is 2.21. The third kappa shape index (κ3) is 5.41. The summed E-state index contributed by atoms with van der Waals surface area (Å²) in [6.45, 7) is 13.7. The van der Waals surface area contributed by atoms with E-state index in [2.05, 4.69) is 6.07 Å². The van der Waals surface area contributed by atoms with Crippen molar-refractivity contribution < 1.29 is 23.9 Å². The number of hydrogen-bond donors (Lipinski definition) is 1. The Morgan fingerprint density at radius 2 is 1.16 bits per heavy atom.